The second-order valence-electron chi connectivity index (χ2n) is 5.23. The van der Waals surface area contributed by atoms with E-state index in [4.69, 9.17) is 9.88 Å². The monoisotopic (exact) mass is 381 g/mol. The van der Waals surface area contributed by atoms with Crippen molar-refractivity contribution in [2.45, 2.75) is 9.79 Å². The molecule has 2 N–H and O–H groups in total. The summed E-state index contributed by atoms with van der Waals surface area (Å²) >= 11 is 0. The Bertz CT molecular complexity index is 1020. The third kappa shape index (κ3) is 3.81. The molecule has 25 heavy (non-hydrogen) atoms. The summed E-state index contributed by atoms with van der Waals surface area (Å²) in [6, 6.07) is 12.8. The first-order valence-corrected chi connectivity index (χ1v) is 10.2. The molecule has 0 fully saturated rings. The predicted octanol–water partition coefficient (Wildman–Crippen LogP) is 0.950. The second kappa shape index (κ2) is 6.47. The molecule has 1 aliphatic heterocycles. The van der Waals surface area contributed by atoms with Crippen LogP contribution in [0.25, 0.3) is 0 Å². The Labute approximate surface area is 145 Å². The molecule has 2 aromatic rings. The van der Waals surface area contributed by atoms with Crippen molar-refractivity contribution in [2.75, 3.05) is 18.1 Å². The molecule has 0 saturated heterocycles. The minimum atomic E-state index is -4.02. The molecule has 0 spiro atoms. The lowest BCUT2D eigenvalue weighted by atomic mass is 10.3. The molecule has 0 atom stereocenters. The minimum Gasteiger partial charge on any atom is -0.492 e. The lowest BCUT2D eigenvalue weighted by Gasteiger charge is -2.25. The van der Waals surface area contributed by atoms with E-state index in [2.05, 4.69) is 4.40 Å². The number of ether oxygens (including phenoxy) is 1. The van der Waals surface area contributed by atoms with Gasteiger partial charge in [-0.3, -0.25) is 0 Å². The van der Waals surface area contributed by atoms with Crippen molar-refractivity contribution < 1.29 is 21.6 Å². The van der Waals surface area contributed by atoms with Gasteiger partial charge in [-0.25, -0.2) is 13.6 Å². The van der Waals surface area contributed by atoms with Crippen molar-refractivity contribution >= 4 is 32.1 Å². The molecule has 2 aromatic carbocycles. The van der Waals surface area contributed by atoms with E-state index in [9.17, 15) is 16.8 Å². The Kier molecular flexibility index (Phi) is 4.50. The van der Waals surface area contributed by atoms with Gasteiger partial charge in [-0.2, -0.15) is 8.42 Å². The van der Waals surface area contributed by atoms with Gasteiger partial charge in [0.2, 0.25) is 10.0 Å². The van der Waals surface area contributed by atoms with E-state index in [0.717, 1.165) is 6.07 Å². The van der Waals surface area contributed by atoms with Crippen molar-refractivity contribution in [1.82, 2.24) is 0 Å². The van der Waals surface area contributed by atoms with Gasteiger partial charge in [0.05, 0.1) is 17.1 Å². The first kappa shape index (κ1) is 17.4. The van der Waals surface area contributed by atoms with Crippen molar-refractivity contribution in [3.05, 3.63) is 48.5 Å². The molecule has 1 heterocycles. The van der Waals surface area contributed by atoms with E-state index in [-0.39, 0.29) is 16.4 Å². The summed E-state index contributed by atoms with van der Waals surface area (Å²) in [7, 11) is -7.98. The van der Waals surface area contributed by atoms with Gasteiger partial charge in [0.15, 0.2) is 0 Å². The van der Waals surface area contributed by atoms with Crippen LogP contribution in [0.5, 0.6) is 5.75 Å². The van der Waals surface area contributed by atoms with Gasteiger partial charge in [0, 0.05) is 0 Å². The van der Waals surface area contributed by atoms with Gasteiger partial charge in [-0.05, 0) is 30.3 Å². The molecule has 0 aliphatic carbocycles. The van der Waals surface area contributed by atoms with E-state index < -0.39 is 20.0 Å². The minimum absolute atomic E-state index is 0.207. The maximum atomic E-state index is 12.1. The molecule has 132 valence electrons. The Morgan fingerprint density at radius 2 is 1.84 bits per heavy atom. The second-order valence-corrected chi connectivity index (χ2v) is 8.39. The summed E-state index contributed by atoms with van der Waals surface area (Å²) < 4.78 is 56.2. The van der Waals surface area contributed by atoms with Crippen LogP contribution in [-0.2, 0) is 20.0 Å². The molecule has 0 amide bonds. The van der Waals surface area contributed by atoms with Crippen molar-refractivity contribution in [2.24, 2.45) is 9.54 Å². The molecule has 1 aliphatic rings. The van der Waals surface area contributed by atoms with E-state index in [1.165, 1.54) is 18.5 Å². The summed E-state index contributed by atoms with van der Waals surface area (Å²) in [6.07, 6.45) is 1.18. The number of nitrogens with two attached hydrogens (primary N) is 1. The van der Waals surface area contributed by atoms with Crippen LogP contribution >= 0.6 is 0 Å². The summed E-state index contributed by atoms with van der Waals surface area (Å²) in [4.78, 5) is 1.08. The van der Waals surface area contributed by atoms with E-state index in [0.29, 0.717) is 18.0 Å². The average Bonchev–Trinajstić information content (AvgIpc) is 2.57. The van der Waals surface area contributed by atoms with Crippen molar-refractivity contribution in [3.63, 3.8) is 0 Å². The Balaban J connectivity index is 1.84. The fourth-order valence-electron chi connectivity index (χ4n) is 2.31. The van der Waals surface area contributed by atoms with Gasteiger partial charge in [0.25, 0.3) is 10.0 Å². The van der Waals surface area contributed by atoms with Crippen LogP contribution in [-0.4, -0.2) is 36.3 Å². The van der Waals surface area contributed by atoms with Crippen LogP contribution in [0.1, 0.15) is 0 Å². The molecular formula is C15H15N3O5S2. The third-order valence-corrected chi connectivity index (χ3v) is 5.68. The highest BCUT2D eigenvalue weighted by atomic mass is 32.2. The van der Waals surface area contributed by atoms with E-state index in [1.807, 2.05) is 18.2 Å². The number of fused-ring (bicyclic) bond motifs is 1. The molecule has 10 heteroatoms. The highest BCUT2D eigenvalue weighted by Crippen LogP contribution is 2.31. The summed E-state index contributed by atoms with van der Waals surface area (Å²) in [5.74, 6) is 0.689. The fourth-order valence-corrected chi connectivity index (χ4v) is 4.00. The summed E-state index contributed by atoms with van der Waals surface area (Å²) in [5, 5.41) is 5.06. The Morgan fingerprint density at radius 3 is 2.52 bits per heavy atom. The molecule has 0 saturated carbocycles. The maximum Gasteiger partial charge on any atom is 0.285 e. The number of rotatable bonds is 5. The maximum absolute atomic E-state index is 12.1. The normalized spacial score (nSPS) is 15.6. The number of primary sulfonamides is 1. The Hall–Kier alpha value is -2.43. The topological polar surface area (TPSA) is 119 Å². The highest BCUT2D eigenvalue weighted by Gasteiger charge is 2.27. The number of benzene rings is 2. The van der Waals surface area contributed by atoms with Crippen LogP contribution in [0.15, 0.2) is 62.7 Å². The number of hydrogen-bond donors (Lipinski definition) is 1. The molecule has 8 nitrogen and oxygen atoms in total. The zero-order valence-electron chi connectivity index (χ0n) is 12.9. The number of anilines is 1. The van der Waals surface area contributed by atoms with E-state index in [1.54, 1.807) is 17.0 Å². The first-order chi connectivity index (χ1) is 11.8. The zero-order valence-corrected chi connectivity index (χ0v) is 14.6. The molecule has 0 unspecified atom stereocenters. The Morgan fingerprint density at radius 1 is 1.12 bits per heavy atom. The number of nitrogens with zero attached hydrogens (tertiary/aromatic N) is 2. The van der Waals surface area contributed by atoms with Gasteiger partial charge in [-0.15, -0.1) is 4.40 Å². The van der Waals surface area contributed by atoms with E-state index >= 15 is 0 Å². The van der Waals surface area contributed by atoms with Crippen LogP contribution in [0.3, 0.4) is 0 Å². The van der Waals surface area contributed by atoms with Crippen molar-refractivity contribution in [1.29, 1.82) is 0 Å². The molecule has 0 radical (unpaired) electrons. The molecular weight excluding hydrogens is 366 g/mol. The lowest BCUT2D eigenvalue weighted by Crippen LogP contribution is -2.31. The van der Waals surface area contributed by atoms with Crippen LogP contribution in [0, 0.1) is 0 Å². The fraction of sp³-hybridized carbons (Fsp3) is 0.133. The van der Waals surface area contributed by atoms with Gasteiger partial charge in [-0.1, -0.05) is 18.2 Å². The van der Waals surface area contributed by atoms with Gasteiger partial charge < -0.3 is 9.64 Å². The lowest BCUT2D eigenvalue weighted by molar-refractivity contribution is 0.328. The standard InChI is InChI=1S/C15H15N3O5S2/c16-24(19,20)13-6-7-14-15(10-13)25(21,22)17-11-18(14)8-9-23-12-4-2-1-3-5-12/h1-7,10-11H,8-9H2,(H2,16,19,20). The first-order valence-electron chi connectivity index (χ1n) is 7.19. The summed E-state index contributed by atoms with van der Waals surface area (Å²) in [5.41, 5.74) is 0.319. The largest absolute Gasteiger partial charge is 0.492 e. The average molecular weight is 381 g/mol. The molecule has 0 aromatic heterocycles. The van der Waals surface area contributed by atoms with Crippen LogP contribution in [0.2, 0.25) is 0 Å². The SMILES string of the molecule is NS(=O)(=O)c1ccc2c(c1)S(=O)(=O)N=CN2CCOc1ccccc1. The van der Waals surface area contributed by atoms with Gasteiger partial charge in [0.1, 0.15) is 23.6 Å². The predicted molar refractivity (Wildman–Crippen MR) is 92.8 cm³/mol. The van der Waals surface area contributed by atoms with Gasteiger partial charge >= 0.3 is 0 Å². The third-order valence-electron chi connectivity index (χ3n) is 3.52. The zero-order chi connectivity index (χ0) is 18.1. The van der Waals surface area contributed by atoms with Crippen molar-refractivity contribution in [3.8, 4) is 5.75 Å². The summed E-state index contributed by atoms with van der Waals surface area (Å²) in [6.45, 7) is 0.613. The van der Waals surface area contributed by atoms with Crippen LogP contribution in [0.4, 0.5) is 5.69 Å². The quantitative estimate of drug-likeness (QED) is 0.823. The molecule has 0 bridgehead atoms. The number of sulfonamides is 2. The molecule has 3 rings (SSSR count). The number of para-hydroxylation sites is 1. The smallest absolute Gasteiger partial charge is 0.285 e. The highest BCUT2D eigenvalue weighted by molar-refractivity contribution is 7.91. The number of hydrogen-bond acceptors (Lipinski definition) is 6. The van der Waals surface area contributed by atoms with Crippen LogP contribution < -0.4 is 14.8 Å².